The fourth-order valence-electron chi connectivity index (χ4n) is 3.55. The molecule has 0 saturated carbocycles. The number of halogens is 1. The lowest BCUT2D eigenvalue weighted by Gasteiger charge is -2.14. The predicted molar refractivity (Wildman–Crippen MR) is 138 cm³/mol. The van der Waals surface area contributed by atoms with Crippen molar-refractivity contribution < 1.29 is 18.7 Å². The van der Waals surface area contributed by atoms with E-state index >= 15 is 0 Å². The van der Waals surface area contributed by atoms with E-state index in [9.17, 15) is 18.8 Å². The number of amides is 1. The Labute approximate surface area is 211 Å². The molecule has 184 valence electrons. The number of rotatable bonds is 9. The van der Waals surface area contributed by atoms with Crippen molar-refractivity contribution in [1.82, 2.24) is 14.9 Å². The van der Waals surface area contributed by atoms with Gasteiger partial charge in [-0.2, -0.15) is 0 Å². The standard InChI is InChI=1S/C27H24FN3O4S/c1-3-14-29-25(33)18-6-13-22-23(15-18)30-27(31(26(22)34)20-9-7-19(28)8-10-20)36-16-24(32)17-4-11-21(35-2)12-5-17/h4-13,15H,3,14,16H2,1-2H3,(H,29,33). The van der Waals surface area contributed by atoms with Crippen LogP contribution in [0.5, 0.6) is 5.75 Å². The molecule has 0 aliphatic carbocycles. The Hall–Kier alpha value is -3.98. The van der Waals surface area contributed by atoms with Gasteiger partial charge in [0.25, 0.3) is 11.5 Å². The van der Waals surface area contributed by atoms with Crippen LogP contribution < -0.4 is 15.6 Å². The molecule has 7 nitrogen and oxygen atoms in total. The van der Waals surface area contributed by atoms with Gasteiger partial charge in [0.05, 0.1) is 29.5 Å². The van der Waals surface area contributed by atoms with E-state index in [1.165, 1.54) is 28.8 Å². The van der Waals surface area contributed by atoms with Crippen molar-refractivity contribution in [3.05, 3.63) is 94.0 Å². The molecular formula is C27H24FN3O4S. The molecule has 0 aliphatic heterocycles. The number of fused-ring (bicyclic) bond motifs is 1. The van der Waals surface area contributed by atoms with Gasteiger partial charge in [-0.3, -0.25) is 19.0 Å². The number of ketones is 1. The summed E-state index contributed by atoms with van der Waals surface area (Å²) < 4.78 is 20.0. The summed E-state index contributed by atoms with van der Waals surface area (Å²) in [6.07, 6.45) is 0.795. The summed E-state index contributed by atoms with van der Waals surface area (Å²) in [4.78, 5) is 43.4. The molecule has 0 bridgehead atoms. The van der Waals surface area contributed by atoms with Gasteiger partial charge in [-0.05, 0) is 73.2 Å². The number of nitrogens with zero attached hydrogens (tertiary/aromatic N) is 2. The third-order valence-electron chi connectivity index (χ3n) is 5.47. The predicted octanol–water partition coefficient (Wildman–Crippen LogP) is 4.65. The number of thioether (sulfide) groups is 1. The lowest BCUT2D eigenvalue weighted by molar-refractivity contribution is 0.0952. The zero-order valence-electron chi connectivity index (χ0n) is 19.8. The van der Waals surface area contributed by atoms with Gasteiger partial charge in [0, 0.05) is 17.7 Å². The maximum atomic E-state index is 13.6. The summed E-state index contributed by atoms with van der Waals surface area (Å²) >= 11 is 1.09. The van der Waals surface area contributed by atoms with Crippen LogP contribution in [0.15, 0.2) is 76.7 Å². The van der Waals surface area contributed by atoms with Crippen LogP contribution in [0.1, 0.15) is 34.1 Å². The molecule has 4 aromatic rings. The second-order valence-corrected chi connectivity index (χ2v) is 8.88. The molecule has 0 atom stereocenters. The van der Waals surface area contributed by atoms with E-state index in [4.69, 9.17) is 4.74 Å². The third kappa shape index (κ3) is 5.46. The fraction of sp³-hybridized carbons (Fsp3) is 0.185. The highest BCUT2D eigenvalue weighted by Crippen LogP contribution is 2.24. The normalized spacial score (nSPS) is 10.9. The summed E-state index contributed by atoms with van der Waals surface area (Å²) in [6.45, 7) is 2.49. The van der Waals surface area contributed by atoms with Crippen molar-refractivity contribution in [2.45, 2.75) is 18.5 Å². The molecule has 0 aliphatic rings. The van der Waals surface area contributed by atoms with Crippen LogP contribution in [0.2, 0.25) is 0 Å². The Morgan fingerprint density at radius 3 is 2.39 bits per heavy atom. The molecule has 1 N–H and O–H groups in total. The van der Waals surface area contributed by atoms with E-state index in [2.05, 4.69) is 10.3 Å². The Morgan fingerprint density at radius 1 is 1.03 bits per heavy atom. The van der Waals surface area contributed by atoms with Gasteiger partial charge in [0.2, 0.25) is 0 Å². The van der Waals surface area contributed by atoms with Gasteiger partial charge < -0.3 is 10.1 Å². The molecule has 0 fully saturated rings. The van der Waals surface area contributed by atoms with Crippen LogP contribution in [-0.4, -0.2) is 40.6 Å². The first kappa shape index (κ1) is 25.1. The Morgan fingerprint density at radius 2 is 1.72 bits per heavy atom. The minimum Gasteiger partial charge on any atom is -0.497 e. The number of benzene rings is 3. The van der Waals surface area contributed by atoms with E-state index in [0.717, 1.165) is 18.2 Å². The lowest BCUT2D eigenvalue weighted by atomic mass is 10.1. The van der Waals surface area contributed by atoms with E-state index in [1.54, 1.807) is 49.6 Å². The number of Topliss-reactive ketones (excluding diaryl/α,β-unsaturated/α-hetero) is 1. The molecule has 0 unspecified atom stereocenters. The molecule has 9 heteroatoms. The number of methoxy groups -OCH3 is 1. The van der Waals surface area contributed by atoms with E-state index < -0.39 is 5.82 Å². The van der Waals surface area contributed by atoms with Crippen LogP contribution in [0.4, 0.5) is 4.39 Å². The van der Waals surface area contributed by atoms with Crippen LogP contribution >= 0.6 is 11.8 Å². The van der Waals surface area contributed by atoms with Gasteiger partial charge in [0.1, 0.15) is 11.6 Å². The van der Waals surface area contributed by atoms with Gasteiger partial charge in [-0.1, -0.05) is 18.7 Å². The number of hydrogen-bond acceptors (Lipinski definition) is 6. The average Bonchev–Trinajstić information content (AvgIpc) is 2.90. The molecule has 0 saturated heterocycles. The van der Waals surface area contributed by atoms with Gasteiger partial charge in [0.15, 0.2) is 10.9 Å². The Bertz CT molecular complexity index is 1470. The largest absolute Gasteiger partial charge is 0.497 e. The van der Waals surface area contributed by atoms with Gasteiger partial charge in [-0.25, -0.2) is 9.37 Å². The lowest BCUT2D eigenvalue weighted by Crippen LogP contribution is -2.25. The second kappa shape index (κ2) is 11.2. The van der Waals surface area contributed by atoms with Crippen molar-refractivity contribution in [3.63, 3.8) is 0 Å². The SMILES string of the molecule is CCCNC(=O)c1ccc2c(=O)n(-c3ccc(F)cc3)c(SCC(=O)c3ccc(OC)cc3)nc2c1. The van der Waals surface area contributed by atoms with Crippen molar-refractivity contribution in [1.29, 1.82) is 0 Å². The highest BCUT2D eigenvalue weighted by molar-refractivity contribution is 7.99. The number of carbonyl (C=O) groups excluding carboxylic acids is 2. The minimum atomic E-state index is -0.438. The molecule has 36 heavy (non-hydrogen) atoms. The van der Waals surface area contributed by atoms with Crippen molar-refractivity contribution in [2.75, 3.05) is 19.4 Å². The number of ether oxygens (including phenoxy) is 1. The smallest absolute Gasteiger partial charge is 0.266 e. The van der Waals surface area contributed by atoms with E-state index in [1.807, 2.05) is 6.92 Å². The number of aromatic nitrogens is 2. The monoisotopic (exact) mass is 505 g/mol. The number of carbonyl (C=O) groups is 2. The number of hydrogen-bond donors (Lipinski definition) is 1. The molecule has 1 aromatic heterocycles. The summed E-state index contributed by atoms with van der Waals surface area (Å²) in [7, 11) is 1.55. The van der Waals surface area contributed by atoms with Crippen LogP contribution in [0, 0.1) is 5.82 Å². The van der Waals surface area contributed by atoms with E-state index in [-0.39, 0.29) is 28.2 Å². The summed E-state index contributed by atoms with van der Waals surface area (Å²) in [6, 6.07) is 16.9. The Kier molecular flexibility index (Phi) is 7.80. The minimum absolute atomic E-state index is 0.0160. The molecule has 1 amide bonds. The highest BCUT2D eigenvalue weighted by Gasteiger charge is 2.17. The third-order valence-corrected chi connectivity index (χ3v) is 6.40. The van der Waals surface area contributed by atoms with Crippen LogP contribution in [0.25, 0.3) is 16.6 Å². The zero-order chi connectivity index (χ0) is 25.7. The van der Waals surface area contributed by atoms with Crippen molar-refractivity contribution >= 4 is 34.4 Å². The molecule has 3 aromatic carbocycles. The average molecular weight is 506 g/mol. The number of nitrogens with one attached hydrogen (secondary N) is 1. The van der Waals surface area contributed by atoms with E-state index in [0.29, 0.717) is 40.0 Å². The van der Waals surface area contributed by atoms with Crippen molar-refractivity contribution in [2.24, 2.45) is 0 Å². The molecule has 0 spiro atoms. The first-order chi connectivity index (χ1) is 17.4. The summed E-state index contributed by atoms with van der Waals surface area (Å²) in [5.41, 5.74) is 1.25. The topological polar surface area (TPSA) is 90.3 Å². The summed E-state index contributed by atoms with van der Waals surface area (Å²) in [5, 5.41) is 3.37. The van der Waals surface area contributed by atoms with Gasteiger partial charge in [-0.15, -0.1) is 0 Å². The first-order valence-corrected chi connectivity index (χ1v) is 12.3. The molecule has 4 rings (SSSR count). The van der Waals surface area contributed by atoms with Crippen LogP contribution in [0.3, 0.4) is 0 Å². The maximum absolute atomic E-state index is 13.6. The molecule has 0 radical (unpaired) electrons. The van der Waals surface area contributed by atoms with Crippen LogP contribution in [-0.2, 0) is 0 Å². The second-order valence-electron chi connectivity index (χ2n) is 7.94. The maximum Gasteiger partial charge on any atom is 0.266 e. The molecule has 1 heterocycles. The fourth-order valence-corrected chi connectivity index (χ4v) is 4.46. The summed E-state index contributed by atoms with van der Waals surface area (Å²) in [5.74, 6) is -0.198. The highest BCUT2D eigenvalue weighted by atomic mass is 32.2. The Balaban J connectivity index is 1.74. The van der Waals surface area contributed by atoms with Gasteiger partial charge >= 0.3 is 0 Å². The van der Waals surface area contributed by atoms with Crippen molar-refractivity contribution in [3.8, 4) is 11.4 Å². The zero-order valence-corrected chi connectivity index (χ0v) is 20.6. The first-order valence-electron chi connectivity index (χ1n) is 11.3. The molecular weight excluding hydrogens is 481 g/mol. The quantitative estimate of drug-likeness (QED) is 0.202.